The van der Waals surface area contributed by atoms with Crippen molar-refractivity contribution in [3.05, 3.63) is 23.2 Å². The van der Waals surface area contributed by atoms with Gasteiger partial charge in [-0.1, -0.05) is 11.6 Å². The van der Waals surface area contributed by atoms with E-state index in [2.05, 4.69) is 14.9 Å². The van der Waals surface area contributed by atoms with Crippen LogP contribution in [-0.2, 0) is 4.79 Å². The molecule has 1 aliphatic rings. The lowest BCUT2D eigenvalue weighted by Gasteiger charge is -2.30. The zero-order chi connectivity index (χ0) is 11.4. The van der Waals surface area contributed by atoms with Gasteiger partial charge in [-0.15, -0.1) is 0 Å². The van der Waals surface area contributed by atoms with Gasteiger partial charge in [-0.05, 0) is 25.9 Å². The lowest BCUT2D eigenvalue weighted by molar-refractivity contribution is -0.109. The average Bonchev–Trinajstić information content (AvgIpc) is 2.31. The van der Waals surface area contributed by atoms with Crippen molar-refractivity contribution in [1.82, 2.24) is 14.9 Å². The molecule has 0 unspecified atom stereocenters. The number of nitrogens with zero attached hydrogens (tertiary/aromatic N) is 3. The minimum absolute atomic E-state index is 0.379. The fourth-order valence-corrected chi connectivity index (χ4v) is 2.36. The summed E-state index contributed by atoms with van der Waals surface area (Å²) in [7, 11) is 0. The summed E-state index contributed by atoms with van der Waals surface area (Å²) in [4.78, 5) is 20.9. The van der Waals surface area contributed by atoms with Crippen molar-refractivity contribution in [1.29, 1.82) is 0 Å². The van der Waals surface area contributed by atoms with Gasteiger partial charge in [0.1, 0.15) is 6.29 Å². The summed E-state index contributed by atoms with van der Waals surface area (Å²) in [6.45, 7) is 2.38. The SMILES string of the molecule is O=CCN1CCC(c2nccnc2Cl)CC1. The average molecular weight is 240 g/mol. The zero-order valence-electron chi connectivity index (χ0n) is 8.97. The molecule has 1 aromatic rings. The predicted octanol–water partition coefficient (Wildman–Crippen LogP) is 1.51. The molecule has 2 heterocycles. The number of aromatic nitrogens is 2. The molecule has 1 aromatic heterocycles. The first-order valence-corrected chi connectivity index (χ1v) is 5.81. The second-order valence-corrected chi connectivity index (χ2v) is 4.33. The fraction of sp³-hybridized carbons (Fsp3) is 0.545. The quantitative estimate of drug-likeness (QED) is 0.751. The lowest BCUT2D eigenvalue weighted by atomic mass is 9.94. The number of piperidine rings is 1. The normalized spacial score (nSPS) is 18.6. The van der Waals surface area contributed by atoms with Gasteiger partial charge in [0.05, 0.1) is 12.2 Å². The van der Waals surface area contributed by atoms with Gasteiger partial charge in [0, 0.05) is 18.3 Å². The van der Waals surface area contributed by atoms with E-state index < -0.39 is 0 Å². The molecule has 1 saturated heterocycles. The molecule has 1 aliphatic heterocycles. The van der Waals surface area contributed by atoms with E-state index in [1.807, 2.05) is 0 Å². The molecule has 0 aromatic carbocycles. The Morgan fingerprint density at radius 1 is 1.38 bits per heavy atom. The highest BCUT2D eigenvalue weighted by atomic mass is 35.5. The number of carbonyl (C=O) groups is 1. The molecule has 16 heavy (non-hydrogen) atoms. The standard InChI is InChI=1S/C11H14ClN3O/c12-11-10(13-3-4-14-11)9-1-5-15(6-2-9)7-8-16/h3-4,8-9H,1-2,5-7H2. The monoisotopic (exact) mass is 239 g/mol. The first-order chi connectivity index (χ1) is 7.81. The molecule has 5 heteroatoms. The second kappa shape index (κ2) is 5.37. The molecule has 0 aliphatic carbocycles. The van der Waals surface area contributed by atoms with Crippen LogP contribution in [0.25, 0.3) is 0 Å². The van der Waals surface area contributed by atoms with E-state index in [-0.39, 0.29) is 0 Å². The highest BCUT2D eigenvalue weighted by Crippen LogP contribution is 2.29. The van der Waals surface area contributed by atoms with Crippen LogP contribution in [0, 0.1) is 0 Å². The van der Waals surface area contributed by atoms with Crippen molar-refractivity contribution in [3.63, 3.8) is 0 Å². The van der Waals surface area contributed by atoms with Crippen LogP contribution >= 0.6 is 11.6 Å². The van der Waals surface area contributed by atoms with E-state index in [1.165, 1.54) is 0 Å². The number of rotatable bonds is 3. The Balaban J connectivity index is 1.99. The van der Waals surface area contributed by atoms with Crippen molar-refractivity contribution >= 4 is 17.9 Å². The number of likely N-dealkylation sites (tertiary alicyclic amines) is 1. The third-order valence-corrected chi connectivity index (χ3v) is 3.28. The Bertz CT molecular complexity index is 364. The highest BCUT2D eigenvalue weighted by molar-refractivity contribution is 6.30. The van der Waals surface area contributed by atoms with Crippen LogP contribution in [0.1, 0.15) is 24.5 Å². The maximum Gasteiger partial charge on any atom is 0.150 e. The number of hydrogen-bond acceptors (Lipinski definition) is 4. The van der Waals surface area contributed by atoms with Crippen LogP contribution in [-0.4, -0.2) is 40.8 Å². The van der Waals surface area contributed by atoms with Crippen molar-refractivity contribution in [2.75, 3.05) is 19.6 Å². The van der Waals surface area contributed by atoms with E-state index in [0.717, 1.165) is 37.9 Å². The van der Waals surface area contributed by atoms with E-state index >= 15 is 0 Å². The molecule has 4 nitrogen and oxygen atoms in total. The van der Waals surface area contributed by atoms with Crippen LogP contribution in [0.5, 0.6) is 0 Å². The summed E-state index contributed by atoms with van der Waals surface area (Å²) in [5.41, 5.74) is 0.898. The van der Waals surface area contributed by atoms with Crippen LogP contribution < -0.4 is 0 Å². The lowest BCUT2D eigenvalue weighted by Crippen LogP contribution is -2.34. The van der Waals surface area contributed by atoms with Crippen molar-refractivity contribution < 1.29 is 4.79 Å². The van der Waals surface area contributed by atoms with Crippen molar-refractivity contribution in [2.45, 2.75) is 18.8 Å². The Labute approximate surface area is 99.6 Å². The molecule has 86 valence electrons. The largest absolute Gasteiger partial charge is 0.302 e. The highest BCUT2D eigenvalue weighted by Gasteiger charge is 2.23. The molecule has 0 radical (unpaired) electrons. The minimum atomic E-state index is 0.379. The van der Waals surface area contributed by atoms with Gasteiger partial charge in [-0.2, -0.15) is 0 Å². The zero-order valence-corrected chi connectivity index (χ0v) is 9.73. The van der Waals surface area contributed by atoms with E-state index in [0.29, 0.717) is 17.6 Å². The third-order valence-electron chi connectivity index (χ3n) is 2.99. The molecule has 2 rings (SSSR count). The molecular formula is C11H14ClN3O. The molecule has 0 atom stereocenters. The van der Waals surface area contributed by atoms with Crippen molar-refractivity contribution in [3.8, 4) is 0 Å². The van der Waals surface area contributed by atoms with Crippen LogP contribution in [0.2, 0.25) is 5.15 Å². The Morgan fingerprint density at radius 2 is 2.06 bits per heavy atom. The fourth-order valence-electron chi connectivity index (χ4n) is 2.10. The second-order valence-electron chi connectivity index (χ2n) is 3.97. The van der Waals surface area contributed by atoms with E-state index in [9.17, 15) is 4.79 Å². The molecule has 0 N–H and O–H groups in total. The van der Waals surface area contributed by atoms with Gasteiger partial charge in [-0.3, -0.25) is 9.88 Å². The summed E-state index contributed by atoms with van der Waals surface area (Å²) in [5, 5.41) is 0.510. The van der Waals surface area contributed by atoms with Gasteiger partial charge >= 0.3 is 0 Å². The molecule has 1 fully saturated rings. The van der Waals surface area contributed by atoms with Gasteiger partial charge in [0.15, 0.2) is 5.15 Å². The van der Waals surface area contributed by atoms with Gasteiger partial charge in [-0.25, -0.2) is 4.98 Å². The molecule has 0 bridgehead atoms. The number of aldehydes is 1. The summed E-state index contributed by atoms with van der Waals surface area (Å²) >= 11 is 6.01. The third kappa shape index (κ3) is 2.57. The number of carbonyl (C=O) groups excluding carboxylic acids is 1. The molecule has 0 amide bonds. The first-order valence-electron chi connectivity index (χ1n) is 5.43. The molecule has 0 spiro atoms. The van der Waals surface area contributed by atoms with Crippen LogP contribution in [0.4, 0.5) is 0 Å². The van der Waals surface area contributed by atoms with E-state index in [4.69, 9.17) is 11.6 Å². The van der Waals surface area contributed by atoms with Gasteiger partial charge in [0.2, 0.25) is 0 Å². The number of halogens is 1. The summed E-state index contributed by atoms with van der Waals surface area (Å²) < 4.78 is 0. The Kier molecular flexibility index (Phi) is 3.85. The number of hydrogen-bond donors (Lipinski definition) is 0. The van der Waals surface area contributed by atoms with Crippen LogP contribution in [0.15, 0.2) is 12.4 Å². The Hall–Kier alpha value is -1.00. The Morgan fingerprint density at radius 3 is 2.69 bits per heavy atom. The smallest absolute Gasteiger partial charge is 0.150 e. The van der Waals surface area contributed by atoms with Gasteiger partial charge in [0.25, 0.3) is 0 Å². The summed E-state index contributed by atoms with van der Waals surface area (Å²) in [6.07, 6.45) is 6.22. The van der Waals surface area contributed by atoms with Crippen molar-refractivity contribution in [2.24, 2.45) is 0 Å². The molecular weight excluding hydrogens is 226 g/mol. The van der Waals surface area contributed by atoms with Gasteiger partial charge < -0.3 is 4.79 Å². The first kappa shape index (κ1) is 11.5. The summed E-state index contributed by atoms with van der Waals surface area (Å²) in [6, 6.07) is 0. The van der Waals surface area contributed by atoms with E-state index in [1.54, 1.807) is 12.4 Å². The maximum atomic E-state index is 10.4. The molecule has 0 saturated carbocycles. The van der Waals surface area contributed by atoms with Crippen LogP contribution in [0.3, 0.4) is 0 Å². The topological polar surface area (TPSA) is 46.1 Å². The minimum Gasteiger partial charge on any atom is -0.302 e. The summed E-state index contributed by atoms with van der Waals surface area (Å²) in [5.74, 6) is 0.379. The maximum absolute atomic E-state index is 10.4. The predicted molar refractivity (Wildman–Crippen MR) is 61.5 cm³/mol.